The number of hydrogen-bond donors (Lipinski definition) is 1. The van der Waals surface area contributed by atoms with Crippen LogP contribution in [0.2, 0.25) is 0 Å². The zero-order valence-corrected chi connectivity index (χ0v) is 7.88. The Labute approximate surface area is 75.0 Å². The fourth-order valence-electron chi connectivity index (χ4n) is 1.12. The van der Waals surface area contributed by atoms with Crippen LogP contribution in [0.25, 0.3) is 0 Å². The second-order valence-corrected chi connectivity index (χ2v) is 3.09. The molecule has 0 saturated heterocycles. The highest BCUT2D eigenvalue weighted by atomic mass is 16.4. The van der Waals surface area contributed by atoms with Crippen molar-refractivity contribution in [2.24, 2.45) is 0 Å². The van der Waals surface area contributed by atoms with Crippen molar-refractivity contribution in [3.63, 3.8) is 0 Å². The zero-order valence-electron chi connectivity index (χ0n) is 7.88. The van der Waals surface area contributed by atoms with Crippen LogP contribution >= 0.6 is 0 Å². The molecule has 0 fully saturated rings. The predicted molar refractivity (Wildman–Crippen MR) is 49.9 cm³/mol. The van der Waals surface area contributed by atoms with Gasteiger partial charge < -0.3 is 5.11 Å². The number of carbonyl (C=O) groups is 1. The van der Waals surface area contributed by atoms with Crippen molar-refractivity contribution in [2.75, 3.05) is 0 Å². The van der Waals surface area contributed by atoms with Gasteiger partial charge in [-0.3, -0.25) is 4.79 Å². The zero-order chi connectivity index (χ0) is 9.23. The van der Waals surface area contributed by atoms with E-state index in [-0.39, 0.29) is 6.42 Å². The number of rotatable bonds is 8. The monoisotopic (exact) mass is 171 g/mol. The van der Waals surface area contributed by atoms with Gasteiger partial charge in [0.1, 0.15) is 0 Å². The quantitative estimate of drug-likeness (QED) is 0.570. The first-order chi connectivity index (χ1) is 5.77. The minimum absolute atomic E-state index is 0.216. The molecule has 12 heavy (non-hydrogen) atoms. The molecular formula is C10H19O2. The van der Waals surface area contributed by atoms with Crippen molar-refractivity contribution >= 4 is 5.97 Å². The van der Waals surface area contributed by atoms with E-state index in [4.69, 9.17) is 5.11 Å². The van der Waals surface area contributed by atoms with E-state index in [0.717, 1.165) is 12.8 Å². The molecule has 1 N–H and O–H groups in total. The summed E-state index contributed by atoms with van der Waals surface area (Å²) in [4.78, 5) is 10.1. The molecule has 0 rings (SSSR count). The molecule has 0 amide bonds. The Hall–Kier alpha value is -0.530. The fraction of sp³-hybridized carbons (Fsp3) is 0.800. The molecule has 0 aliphatic carbocycles. The fourth-order valence-corrected chi connectivity index (χ4v) is 1.12. The van der Waals surface area contributed by atoms with Crippen LogP contribution < -0.4 is 0 Å². The van der Waals surface area contributed by atoms with E-state index < -0.39 is 5.97 Å². The lowest BCUT2D eigenvalue weighted by Gasteiger charge is -1.98. The van der Waals surface area contributed by atoms with Crippen molar-refractivity contribution in [1.82, 2.24) is 0 Å². The molecule has 0 aliphatic heterocycles. The lowest BCUT2D eigenvalue weighted by molar-refractivity contribution is -0.136. The minimum Gasteiger partial charge on any atom is -0.481 e. The Morgan fingerprint density at radius 3 is 2.50 bits per heavy atom. The van der Waals surface area contributed by atoms with Crippen molar-refractivity contribution in [1.29, 1.82) is 0 Å². The summed E-state index contributed by atoms with van der Waals surface area (Å²) in [5.74, 6) is -0.719. The predicted octanol–water partition coefficient (Wildman–Crippen LogP) is 3.03. The van der Waals surface area contributed by atoms with E-state index in [1.54, 1.807) is 0 Å². The first-order valence-electron chi connectivity index (χ1n) is 4.80. The van der Waals surface area contributed by atoms with Crippen LogP contribution in [0.3, 0.4) is 0 Å². The number of aliphatic carboxylic acids is 1. The van der Waals surface area contributed by atoms with Gasteiger partial charge in [-0.1, -0.05) is 39.0 Å². The summed E-state index contributed by atoms with van der Waals surface area (Å²) < 4.78 is 0. The summed E-state index contributed by atoms with van der Waals surface area (Å²) >= 11 is 0. The van der Waals surface area contributed by atoms with Crippen molar-refractivity contribution < 1.29 is 9.90 Å². The van der Waals surface area contributed by atoms with Crippen molar-refractivity contribution in [2.45, 2.75) is 51.9 Å². The SMILES string of the molecule is CCCCCCC[CH]CC(=O)O. The van der Waals surface area contributed by atoms with Crippen LogP contribution in [0.5, 0.6) is 0 Å². The molecule has 0 spiro atoms. The van der Waals surface area contributed by atoms with E-state index in [1.165, 1.54) is 25.7 Å². The number of unbranched alkanes of at least 4 members (excludes halogenated alkanes) is 6. The average Bonchev–Trinajstić information content (AvgIpc) is 2.02. The number of carboxylic acids is 1. The first kappa shape index (κ1) is 11.5. The summed E-state index contributed by atoms with van der Waals surface area (Å²) in [6.45, 7) is 2.19. The Bertz CT molecular complexity index is 110. The topological polar surface area (TPSA) is 37.3 Å². The second kappa shape index (κ2) is 8.57. The maximum absolute atomic E-state index is 10.1. The lowest BCUT2D eigenvalue weighted by atomic mass is 10.1. The molecule has 0 atom stereocenters. The largest absolute Gasteiger partial charge is 0.481 e. The third kappa shape index (κ3) is 9.47. The van der Waals surface area contributed by atoms with Crippen LogP contribution in [-0.2, 0) is 4.79 Å². The van der Waals surface area contributed by atoms with Gasteiger partial charge in [0.2, 0.25) is 0 Å². The van der Waals surface area contributed by atoms with Gasteiger partial charge in [-0.25, -0.2) is 0 Å². The summed E-state index contributed by atoms with van der Waals surface area (Å²) in [6, 6.07) is 0. The van der Waals surface area contributed by atoms with Gasteiger partial charge in [0.15, 0.2) is 0 Å². The smallest absolute Gasteiger partial charge is 0.303 e. The van der Waals surface area contributed by atoms with Gasteiger partial charge >= 0.3 is 5.97 Å². The van der Waals surface area contributed by atoms with Gasteiger partial charge in [0.05, 0.1) is 0 Å². The molecule has 0 heterocycles. The Morgan fingerprint density at radius 1 is 1.25 bits per heavy atom. The molecule has 0 bridgehead atoms. The average molecular weight is 171 g/mol. The van der Waals surface area contributed by atoms with E-state index in [1.807, 2.05) is 6.42 Å². The molecule has 0 aromatic rings. The molecule has 2 nitrogen and oxygen atoms in total. The highest BCUT2D eigenvalue weighted by molar-refractivity contribution is 5.67. The van der Waals surface area contributed by atoms with E-state index in [0.29, 0.717) is 0 Å². The van der Waals surface area contributed by atoms with Gasteiger partial charge in [0, 0.05) is 6.42 Å². The minimum atomic E-state index is -0.719. The maximum Gasteiger partial charge on any atom is 0.303 e. The molecular weight excluding hydrogens is 152 g/mol. The maximum atomic E-state index is 10.1. The highest BCUT2D eigenvalue weighted by Gasteiger charge is 1.96. The van der Waals surface area contributed by atoms with Crippen LogP contribution in [-0.4, -0.2) is 11.1 Å². The van der Waals surface area contributed by atoms with E-state index in [9.17, 15) is 4.79 Å². The van der Waals surface area contributed by atoms with Crippen molar-refractivity contribution in [3.05, 3.63) is 6.42 Å². The van der Waals surface area contributed by atoms with Crippen LogP contribution in [0.4, 0.5) is 0 Å². The third-order valence-electron chi connectivity index (χ3n) is 1.83. The van der Waals surface area contributed by atoms with Gasteiger partial charge in [-0.15, -0.1) is 0 Å². The number of carboxylic acid groups (broad SMARTS) is 1. The second-order valence-electron chi connectivity index (χ2n) is 3.09. The molecule has 71 valence electrons. The Balaban J connectivity index is 2.86. The first-order valence-corrected chi connectivity index (χ1v) is 4.80. The van der Waals surface area contributed by atoms with Crippen molar-refractivity contribution in [3.8, 4) is 0 Å². The van der Waals surface area contributed by atoms with Crippen LogP contribution in [0.15, 0.2) is 0 Å². The van der Waals surface area contributed by atoms with Gasteiger partial charge in [-0.2, -0.15) is 0 Å². The summed E-state index contributed by atoms with van der Waals surface area (Å²) in [7, 11) is 0. The standard InChI is InChI=1S/C10H19O2/c1-2-3-4-5-6-7-8-9-10(11)12/h8H,2-7,9H2,1H3,(H,11,12). The molecule has 0 aromatic carbocycles. The van der Waals surface area contributed by atoms with E-state index in [2.05, 4.69) is 6.92 Å². The molecule has 0 aliphatic rings. The lowest BCUT2D eigenvalue weighted by Crippen LogP contribution is -1.94. The summed E-state index contributed by atoms with van der Waals surface area (Å²) in [5, 5.41) is 8.32. The van der Waals surface area contributed by atoms with E-state index >= 15 is 0 Å². The molecule has 1 radical (unpaired) electrons. The van der Waals surface area contributed by atoms with Gasteiger partial charge in [0.25, 0.3) is 0 Å². The molecule has 0 aromatic heterocycles. The summed E-state index contributed by atoms with van der Waals surface area (Å²) in [6.07, 6.45) is 9.27. The van der Waals surface area contributed by atoms with Crippen LogP contribution in [0, 0.1) is 6.42 Å². The normalized spacial score (nSPS) is 10.1. The Morgan fingerprint density at radius 2 is 1.92 bits per heavy atom. The molecule has 2 heteroatoms. The van der Waals surface area contributed by atoms with Crippen LogP contribution in [0.1, 0.15) is 51.9 Å². The van der Waals surface area contributed by atoms with Gasteiger partial charge in [-0.05, 0) is 12.8 Å². The third-order valence-corrected chi connectivity index (χ3v) is 1.83. The summed E-state index contributed by atoms with van der Waals surface area (Å²) in [5.41, 5.74) is 0. The molecule has 0 unspecified atom stereocenters. The Kier molecular flexibility index (Phi) is 8.19. The number of hydrogen-bond acceptors (Lipinski definition) is 1. The molecule has 0 saturated carbocycles. The highest BCUT2D eigenvalue weighted by Crippen LogP contribution is 2.07.